The zero-order chi connectivity index (χ0) is 15.5. The molecule has 0 bridgehead atoms. The number of aromatic nitrogens is 1. The average Bonchev–Trinajstić information content (AvgIpc) is 2.96. The first-order valence-corrected chi connectivity index (χ1v) is 7.72. The molecule has 116 valence electrons. The topological polar surface area (TPSA) is 73.4 Å². The number of likely N-dealkylation sites (tertiary alicyclic amines) is 1. The standard InChI is InChI=1S/C17H20N2O3/c20-16(21)8-7-12-4-3-9-19(11-12)17(22)15-10-13-5-1-2-6-14(13)18-15/h1-2,5-6,10,12,18H,3-4,7-9,11H2,(H,20,21). The van der Waals surface area contributed by atoms with E-state index in [4.69, 9.17) is 5.11 Å². The second-order valence-corrected chi connectivity index (χ2v) is 5.96. The number of para-hydroxylation sites is 1. The third kappa shape index (κ3) is 3.13. The molecule has 0 aliphatic carbocycles. The van der Waals surface area contributed by atoms with Crippen molar-refractivity contribution in [3.05, 3.63) is 36.0 Å². The van der Waals surface area contributed by atoms with Gasteiger partial charge in [0.15, 0.2) is 0 Å². The molecule has 1 fully saturated rings. The van der Waals surface area contributed by atoms with Crippen LogP contribution in [0.2, 0.25) is 0 Å². The lowest BCUT2D eigenvalue weighted by atomic mass is 9.93. The smallest absolute Gasteiger partial charge is 0.303 e. The summed E-state index contributed by atoms with van der Waals surface area (Å²) in [6, 6.07) is 9.72. The number of hydrogen-bond acceptors (Lipinski definition) is 2. The number of fused-ring (bicyclic) bond motifs is 1. The highest BCUT2D eigenvalue weighted by Gasteiger charge is 2.25. The van der Waals surface area contributed by atoms with Crippen LogP contribution in [0.4, 0.5) is 0 Å². The molecule has 1 aromatic heterocycles. The van der Waals surface area contributed by atoms with Crippen molar-refractivity contribution in [2.45, 2.75) is 25.7 Å². The van der Waals surface area contributed by atoms with Gasteiger partial charge >= 0.3 is 5.97 Å². The Kier molecular flexibility index (Phi) is 4.13. The van der Waals surface area contributed by atoms with Gasteiger partial charge in [-0.05, 0) is 37.3 Å². The molecule has 0 spiro atoms. The normalized spacial score (nSPS) is 18.5. The Bertz CT molecular complexity index is 659. The second kappa shape index (κ2) is 6.22. The Morgan fingerprint density at radius 2 is 2.14 bits per heavy atom. The average molecular weight is 300 g/mol. The number of carboxylic acid groups (broad SMARTS) is 1. The molecule has 22 heavy (non-hydrogen) atoms. The molecule has 1 aromatic carbocycles. The second-order valence-electron chi connectivity index (χ2n) is 5.96. The van der Waals surface area contributed by atoms with Crippen LogP contribution >= 0.6 is 0 Å². The van der Waals surface area contributed by atoms with Crippen molar-refractivity contribution < 1.29 is 14.7 Å². The number of aliphatic carboxylic acids is 1. The van der Waals surface area contributed by atoms with Crippen LogP contribution in [0.25, 0.3) is 10.9 Å². The van der Waals surface area contributed by atoms with E-state index in [1.54, 1.807) is 0 Å². The van der Waals surface area contributed by atoms with Crippen molar-refractivity contribution in [1.29, 1.82) is 0 Å². The highest BCUT2D eigenvalue weighted by molar-refractivity contribution is 5.98. The molecule has 0 radical (unpaired) electrons. The molecule has 1 aliphatic heterocycles. The first-order valence-electron chi connectivity index (χ1n) is 7.72. The van der Waals surface area contributed by atoms with E-state index in [0.717, 1.165) is 30.3 Å². The zero-order valence-corrected chi connectivity index (χ0v) is 12.4. The lowest BCUT2D eigenvalue weighted by Crippen LogP contribution is -2.40. The van der Waals surface area contributed by atoms with Gasteiger partial charge in [0, 0.05) is 30.4 Å². The van der Waals surface area contributed by atoms with E-state index < -0.39 is 5.97 Å². The largest absolute Gasteiger partial charge is 0.481 e. The minimum Gasteiger partial charge on any atom is -0.481 e. The Labute approximate surface area is 128 Å². The van der Waals surface area contributed by atoms with E-state index in [9.17, 15) is 9.59 Å². The first-order chi connectivity index (χ1) is 10.6. The van der Waals surface area contributed by atoms with Crippen molar-refractivity contribution in [2.24, 2.45) is 5.92 Å². The summed E-state index contributed by atoms with van der Waals surface area (Å²) in [7, 11) is 0. The van der Waals surface area contributed by atoms with Crippen molar-refractivity contribution >= 4 is 22.8 Å². The number of benzene rings is 1. The molecular weight excluding hydrogens is 280 g/mol. The summed E-state index contributed by atoms with van der Waals surface area (Å²) >= 11 is 0. The fourth-order valence-electron chi connectivity index (χ4n) is 3.17. The van der Waals surface area contributed by atoms with Gasteiger partial charge in [-0.3, -0.25) is 9.59 Å². The molecule has 5 nitrogen and oxygen atoms in total. The maximum atomic E-state index is 12.6. The molecule has 2 N–H and O–H groups in total. The van der Waals surface area contributed by atoms with Crippen LogP contribution in [0.15, 0.2) is 30.3 Å². The fraction of sp³-hybridized carbons (Fsp3) is 0.412. The molecule has 0 saturated carbocycles. The monoisotopic (exact) mass is 300 g/mol. The number of amides is 1. The van der Waals surface area contributed by atoms with E-state index in [1.165, 1.54) is 0 Å². The van der Waals surface area contributed by atoms with Gasteiger partial charge < -0.3 is 15.0 Å². The third-order valence-corrected chi connectivity index (χ3v) is 4.33. The number of carbonyl (C=O) groups is 2. The number of nitrogens with one attached hydrogen (secondary N) is 1. The van der Waals surface area contributed by atoms with Gasteiger partial charge in [-0.2, -0.15) is 0 Å². The van der Waals surface area contributed by atoms with E-state index in [2.05, 4.69) is 4.98 Å². The van der Waals surface area contributed by atoms with Gasteiger partial charge in [0.25, 0.3) is 5.91 Å². The van der Waals surface area contributed by atoms with Gasteiger partial charge in [-0.15, -0.1) is 0 Å². The summed E-state index contributed by atoms with van der Waals surface area (Å²) in [5.41, 5.74) is 1.57. The van der Waals surface area contributed by atoms with Gasteiger partial charge in [0.1, 0.15) is 5.69 Å². The molecule has 5 heteroatoms. The minimum atomic E-state index is -0.765. The summed E-state index contributed by atoms with van der Waals surface area (Å²) < 4.78 is 0. The Morgan fingerprint density at radius 1 is 1.32 bits per heavy atom. The fourth-order valence-corrected chi connectivity index (χ4v) is 3.17. The van der Waals surface area contributed by atoms with Crippen LogP contribution in [0.3, 0.4) is 0 Å². The maximum Gasteiger partial charge on any atom is 0.303 e. The number of carbonyl (C=O) groups excluding carboxylic acids is 1. The number of carboxylic acids is 1. The molecule has 3 rings (SSSR count). The summed E-state index contributed by atoms with van der Waals surface area (Å²) in [6.07, 6.45) is 2.77. The summed E-state index contributed by atoms with van der Waals surface area (Å²) in [6.45, 7) is 1.40. The molecule has 1 amide bonds. The molecule has 1 aliphatic rings. The number of piperidine rings is 1. The van der Waals surface area contributed by atoms with Gasteiger partial charge in [-0.25, -0.2) is 0 Å². The van der Waals surface area contributed by atoms with Crippen LogP contribution in [-0.4, -0.2) is 40.0 Å². The number of rotatable bonds is 4. The third-order valence-electron chi connectivity index (χ3n) is 4.33. The molecular formula is C17H20N2O3. The predicted octanol–water partition coefficient (Wildman–Crippen LogP) is 2.88. The van der Waals surface area contributed by atoms with Crippen LogP contribution in [-0.2, 0) is 4.79 Å². The number of nitrogens with zero attached hydrogens (tertiary/aromatic N) is 1. The van der Waals surface area contributed by atoms with Gasteiger partial charge in [0.2, 0.25) is 0 Å². The summed E-state index contributed by atoms with van der Waals surface area (Å²) in [5.74, 6) is -0.464. The van der Waals surface area contributed by atoms with Crippen molar-refractivity contribution in [1.82, 2.24) is 9.88 Å². The van der Waals surface area contributed by atoms with Crippen molar-refractivity contribution in [3.8, 4) is 0 Å². The van der Waals surface area contributed by atoms with E-state index >= 15 is 0 Å². The predicted molar refractivity (Wildman–Crippen MR) is 83.8 cm³/mol. The van der Waals surface area contributed by atoms with Crippen molar-refractivity contribution in [2.75, 3.05) is 13.1 Å². The maximum absolute atomic E-state index is 12.6. The van der Waals surface area contributed by atoms with Crippen LogP contribution in [0.1, 0.15) is 36.2 Å². The van der Waals surface area contributed by atoms with Crippen molar-refractivity contribution in [3.63, 3.8) is 0 Å². The first kappa shape index (κ1) is 14.6. The highest BCUT2D eigenvalue weighted by Crippen LogP contribution is 2.23. The Hall–Kier alpha value is -2.30. The van der Waals surface area contributed by atoms with E-state index in [0.29, 0.717) is 18.7 Å². The van der Waals surface area contributed by atoms with E-state index in [1.807, 2.05) is 35.2 Å². The molecule has 1 atom stereocenters. The Balaban J connectivity index is 1.69. The van der Waals surface area contributed by atoms with Crippen LogP contribution in [0.5, 0.6) is 0 Å². The lowest BCUT2D eigenvalue weighted by molar-refractivity contribution is -0.137. The minimum absolute atomic E-state index is 0.0104. The molecule has 1 unspecified atom stereocenters. The number of H-pyrrole nitrogens is 1. The Morgan fingerprint density at radius 3 is 2.91 bits per heavy atom. The van der Waals surface area contributed by atoms with Crippen LogP contribution in [0, 0.1) is 5.92 Å². The number of hydrogen-bond donors (Lipinski definition) is 2. The lowest BCUT2D eigenvalue weighted by Gasteiger charge is -2.32. The molecule has 2 heterocycles. The van der Waals surface area contributed by atoms with E-state index in [-0.39, 0.29) is 18.2 Å². The number of aromatic amines is 1. The molecule has 1 saturated heterocycles. The zero-order valence-electron chi connectivity index (χ0n) is 12.4. The SMILES string of the molecule is O=C(O)CCC1CCCN(C(=O)c2cc3ccccc3[nH]2)C1. The van der Waals surface area contributed by atoms with Crippen LogP contribution < -0.4 is 0 Å². The quantitative estimate of drug-likeness (QED) is 0.912. The van der Waals surface area contributed by atoms with Gasteiger partial charge in [-0.1, -0.05) is 18.2 Å². The highest BCUT2D eigenvalue weighted by atomic mass is 16.4. The molecule has 2 aromatic rings. The summed E-state index contributed by atoms with van der Waals surface area (Å²) in [4.78, 5) is 28.3. The van der Waals surface area contributed by atoms with Gasteiger partial charge in [0.05, 0.1) is 0 Å². The summed E-state index contributed by atoms with van der Waals surface area (Å²) in [5, 5.41) is 9.82.